The molecule has 1 saturated heterocycles. The predicted octanol–water partition coefficient (Wildman–Crippen LogP) is 2.10. The molecule has 200 valence electrons. The molecule has 0 radical (unpaired) electrons. The first kappa shape index (κ1) is 27.9. The van der Waals surface area contributed by atoms with E-state index in [1.54, 1.807) is 45.9 Å². The van der Waals surface area contributed by atoms with E-state index in [4.69, 9.17) is 4.74 Å². The molecule has 37 heavy (non-hydrogen) atoms. The van der Waals surface area contributed by atoms with Gasteiger partial charge in [0.15, 0.2) is 0 Å². The highest BCUT2D eigenvalue weighted by Crippen LogP contribution is 2.36. The van der Waals surface area contributed by atoms with Crippen LogP contribution in [-0.2, 0) is 20.7 Å². The largest absolute Gasteiger partial charge is 0.481 e. The number of esters is 1. The maximum Gasteiger partial charge on any atom is 0.374 e. The maximum atomic E-state index is 14.2. The Kier molecular flexibility index (Phi) is 8.40. The Hall–Kier alpha value is -3.69. The van der Waals surface area contributed by atoms with Crippen LogP contribution < -0.4 is 5.43 Å². The molecule has 1 aromatic carbocycles. The van der Waals surface area contributed by atoms with Crippen LogP contribution in [-0.4, -0.2) is 82.0 Å². The van der Waals surface area contributed by atoms with Crippen LogP contribution in [0.25, 0.3) is 0 Å². The molecule has 1 saturated carbocycles. The minimum absolute atomic E-state index is 0.128. The first-order valence-corrected chi connectivity index (χ1v) is 12.3. The van der Waals surface area contributed by atoms with Crippen molar-refractivity contribution in [3.8, 4) is 6.07 Å². The summed E-state index contributed by atoms with van der Waals surface area (Å²) in [7, 11) is 3.39. The number of rotatable bonds is 10. The molecule has 2 N–H and O–H groups in total. The van der Waals surface area contributed by atoms with E-state index < -0.39 is 36.0 Å². The van der Waals surface area contributed by atoms with Crippen molar-refractivity contribution in [2.45, 2.75) is 65.0 Å². The SMILES string of the molecule is CCOC(=O)CN1C(=O)N1NC1(N(C(=O)c2cc(C)c(C)c(C#N)c2CC(=O)O)N(C)C)CCCCC1. The molecule has 0 unspecified atom stereocenters. The number of carboxylic acid groups (broad SMARTS) is 1. The lowest BCUT2D eigenvalue weighted by atomic mass is 9.87. The molecule has 1 aromatic rings. The lowest BCUT2D eigenvalue weighted by Crippen LogP contribution is -2.67. The molecule has 0 atom stereocenters. The molecule has 0 aromatic heterocycles. The van der Waals surface area contributed by atoms with Gasteiger partial charge in [-0.15, -0.1) is 0 Å². The fourth-order valence-electron chi connectivity index (χ4n) is 4.96. The Morgan fingerprint density at radius 3 is 2.41 bits per heavy atom. The number of benzene rings is 1. The number of aryl methyl sites for hydroxylation is 1. The molecule has 1 aliphatic heterocycles. The van der Waals surface area contributed by atoms with Gasteiger partial charge in [0.1, 0.15) is 12.2 Å². The lowest BCUT2D eigenvalue weighted by Gasteiger charge is -2.49. The number of hydrogen-bond donors (Lipinski definition) is 2. The van der Waals surface area contributed by atoms with Crippen molar-refractivity contribution in [2.75, 3.05) is 27.2 Å². The molecule has 0 spiro atoms. The van der Waals surface area contributed by atoms with Gasteiger partial charge in [-0.1, -0.05) is 6.42 Å². The molecular formula is C25H34N6O6. The zero-order valence-electron chi connectivity index (χ0n) is 22.0. The van der Waals surface area contributed by atoms with Crippen LogP contribution in [0.2, 0.25) is 0 Å². The summed E-state index contributed by atoms with van der Waals surface area (Å²) in [6.07, 6.45) is 3.05. The van der Waals surface area contributed by atoms with Gasteiger partial charge in [0, 0.05) is 19.7 Å². The fraction of sp³-hybridized carbons (Fsp3) is 0.560. The summed E-state index contributed by atoms with van der Waals surface area (Å²) in [5.74, 6) is -2.18. The predicted molar refractivity (Wildman–Crippen MR) is 131 cm³/mol. The minimum Gasteiger partial charge on any atom is -0.481 e. The zero-order valence-corrected chi connectivity index (χ0v) is 22.0. The third kappa shape index (κ3) is 5.68. The number of ether oxygens (including phenoxy) is 1. The highest BCUT2D eigenvalue weighted by molar-refractivity contribution is 5.98. The van der Waals surface area contributed by atoms with E-state index in [0.29, 0.717) is 24.0 Å². The summed E-state index contributed by atoms with van der Waals surface area (Å²) < 4.78 is 4.94. The molecule has 0 bridgehead atoms. The van der Waals surface area contributed by atoms with Crippen LogP contribution in [0.3, 0.4) is 0 Å². The first-order valence-electron chi connectivity index (χ1n) is 12.3. The van der Waals surface area contributed by atoms with Gasteiger partial charge >= 0.3 is 18.0 Å². The second-order valence-electron chi connectivity index (χ2n) is 9.53. The van der Waals surface area contributed by atoms with E-state index in [1.807, 2.05) is 0 Å². The van der Waals surface area contributed by atoms with Crippen molar-refractivity contribution in [1.82, 2.24) is 25.6 Å². The van der Waals surface area contributed by atoms with Crippen LogP contribution in [0.15, 0.2) is 6.07 Å². The topological polar surface area (TPSA) is 146 Å². The number of nitriles is 1. The third-order valence-corrected chi connectivity index (χ3v) is 6.81. The summed E-state index contributed by atoms with van der Waals surface area (Å²) in [5, 5.41) is 24.9. The van der Waals surface area contributed by atoms with E-state index in [-0.39, 0.29) is 29.8 Å². The number of hydrazine groups is 3. The fourth-order valence-corrected chi connectivity index (χ4v) is 4.96. The quantitative estimate of drug-likeness (QED) is 0.207. The van der Waals surface area contributed by atoms with Crippen molar-refractivity contribution < 1.29 is 29.0 Å². The number of carbonyl (C=O) groups excluding carboxylic acids is 3. The van der Waals surface area contributed by atoms with Gasteiger partial charge < -0.3 is 9.84 Å². The normalized spacial score (nSPS) is 16.4. The first-order chi connectivity index (χ1) is 17.5. The van der Waals surface area contributed by atoms with Crippen molar-refractivity contribution in [3.05, 3.63) is 33.9 Å². The number of hydrogen-bond acceptors (Lipinski definition) is 8. The van der Waals surface area contributed by atoms with Gasteiger partial charge in [-0.3, -0.25) is 14.4 Å². The highest BCUT2D eigenvalue weighted by atomic mass is 16.5. The highest BCUT2D eigenvalue weighted by Gasteiger charge is 2.53. The van der Waals surface area contributed by atoms with Crippen LogP contribution >= 0.6 is 0 Å². The molecule has 12 nitrogen and oxygen atoms in total. The average Bonchev–Trinajstić information content (AvgIpc) is 3.41. The number of nitrogens with zero attached hydrogens (tertiary/aromatic N) is 5. The number of aliphatic carboxylic acids is 1. The van der Waals surface area contributed by atoms with Gasteiger partial charge in [-0.2, -0.15) is 15.8 Å². The summed E-state index contributed by atoms with van der Waals surface area (Å²) in [4.78, 5) is 50.3. The Bertz CT molecular complexity index is 1140. The molecule has 3 amide bonds. The van der Waals surface area contributed by atoms with Gasteiger partial charge in [-0.05, 0) is 69.2 Å². The van der Waals surface area contributed by atoms with Crippen molar-refractivity contribution >= 4 is 23.9 Å². The number of nitrogens with one attached hydrogen (secondary N) is 1. The molecule has 2 aliphatic rings. The second kappa shape index (κ2) is 11.1. The van der Waals surface area contributed by atoms with Gasteiger partial charge in [-0.25, -0.2) is 19.8 Å². The number of amides is 3. The number of carbonyl (C=O) groups is 4. The van der Waals surface area contributed by atoms with Gasteiger partial charge in [0.05, 0.1) is 24.7 Å². The van der Waals surface area contributed by atoms with E-state index in [2.05, 4.69) is 11.5 Å². The summed E-state index contributed by atoms with van der Waals surface area (Å²) >= 11 is 0. The zero-order chi connectivity index (χ0) is 27.5. The van der Waals surface area contributed by atoms with Crippen LogP contribution in [0, 0.1) is 25.2 Å². The average molecular weight is 515 g/mol. The Balaban J connectivity index is 2.04. The molecule has 12 heteroatoms. The van der Waals surface area contributed by atoms with Gasteiger partial charge in [0.2, 0.25) is 0 Å². The lowest BCUT2D eigenvalue weighted by molar-refractivity contribution is -0.145. The minimum atomic E-state index is -1.15. The van der Waals surface area contributed by atoms with E-state index in [1.165, 1.54) is 15.1 Å². The number of urea groups is 1. The van der Waals surface area contributed by atoms with Gasteiger partial charge in [0.25, 0.3) is 5.91 Å². The molecule has 1 heterocycles. The smallest absolute Gasteiger partial charge is 0.374 e. The van der Waals surface area contributed by atoms with E-state index in [9.17, 15) is 29.5 Å². The Morgan fingerprint density at radius 1 is 1.22 bits per heavy atom. The molecular weight excluding hydrogens is 480 g/mol. The third-order valence-electron chi connectivity index (χ3n) is 6.81. The molecule has 2 fully saturated rings. The summed E-state index contributed by atoms with van der Waals surface area (Å²) in [6.45, 7) is 5.12. The maximum absolute atomic E-state index is 14.2. The van der Waals surface area contributed by atoms with Crippen molar-refractivity contribution in [3.63, 3.8) is 0 Å². The summed E-state index contributed by atoms with van der Waals surface area (Å²) in [5.41, 5.74) is 3.95. The van der Waals surface area contributed by atoms with Crippen molar-refractivity contribution in [2.24, 2.45) is 0 Å². The standard InChI is InChI=1S/C25H34N6O6/c1-6-37-22(34)15-29-24(36)31(29)27-25(10-8-7-9-11-25)30(28(4)5)23(35)19-12-16(2)17(3)20(14-26)18(19)13-21(32)33/h12,27H,6-11,13,15H2,1-5H3,(H,32,33). The van der Waals surface area contributed by atoms with Crippen molar-refractivity contribution in [1.29, 1.82) is 5.26 Å². The second-order valence-corrected chi connectivity index (χ2v) is 9.53. The van der Waals surface area contributed by atoms with Crippen LogP contribution in [0.4, 0.5) is 4.79 Å². The van der Waals surface area contributed by atoms with E-state index >= 15 is 0 Å². The van der Waals surface area contributed by atoms with E-state index in [0.717, 1.165) is 19.3 Å². The molecule has 3 rings (SSSR count). The molecule has 1 aliphatic carbocycles. The monoisotopic (exact) mass is 514 g/mol. The Labute approximate surface area is 216 Å². The van der Waals surface area contributed by atoms with Crippen LogP contribution in [0.1, 0.15) is 71.6 Å². The number of carboxylic acids is 1. The van der Waals surface area contributed by atoms with Crippen LogP contribution in [0.5, 0.6) is 0 Å². The summed E-state index contributed by atoms with van der Waals surface area (Å²) in [6, 6.07) is 3.28. The Morgan fingerprint density at radius 2 is 1.86 bits per heavy atom.